The molecule has 0 aliphatic carbocycles. The zero-order chi connectivity index (χ0) is 26.3. The number of ether oxygens (including phenoxy) is 2. The van der Waals surface area contributed by atoms with E-state index in [1.807, 2.05) is 13.8 Å². The van der Waals surface area contributed by atoms with Crippen LogP contribution in [0.1, 0.15) is 51.4 Å². The summed E-state index contributed by atoms with van der Waals surface area (Å²) in [5.41, 5.74) is 4.91. The summed E-state index contributed by atoms with van der Waals surface area (Å²) < 4.78 is 11.0. The number of primary amides is 1. The van der Waals surface area contributed by atoms with Crippen LogP contribution in [-0.2, 0) is 4.74 Å². The van der Waals surface area contributed by atoms with Gasteiger partial charge in [0.2, 0.25) is 11.2 Å². The van der Waals surface area contributed by atoms with Crippen LogP contribution < -0.4 is 10.5 Å². The monoisotopic (exact) mass is 507 g/mol. The minimum Gasteiger partial charge on any atom is -0.487 e. The quantitative estimate of drug-likeness (QED) is 0.327. The van der Waals surface area contributed by atoms with Gasteiger partial charge in [0.1, 0.15) is 5.60 Å². The molecular weight excluding hydrogens is 478 g/mol. The van der Waals surface area contributed by atoms with Crippen molar-refractivity contribution in [1.82, 2.24) is 14.9 Å². The van der Waals surface area contributed by atoms with Gasteiger partial charge in [-0.1, -0.05) is 13.8 Å². The number of nitro groups is 1. The molecule has 11 nitrogen and oxygen atoms in total. The van der Waals surface area contributed by atoms with Crippen molar-refractivity contribution in [1.29, 1.82) is 0 Å². The number of carbonyl (C=O) groups is 2. The highest BCUT2D eigenvalue weighted by Gasteiger charge is 2.34. The lowest BCUT2D eigenvalue weighted by Gasteiger charge is -2.39. The number of carbonyl (C=O) groups excluding carboxylic acids is 2. The van der Waals surface area contributed by atoms with Crippen molar-refractivity contribution in [2.75, 3.05) is 19.7 Å². The van der Waals surface area contributed by atoms with Crippen molar-refractivity contribution in [3.63, 3.8) is 0 Å². The van der Waals surface area contributed by atoms with Crippen LogP contribution >= 0.6 is 11.6 Å². The average Bonchev–Trinajstić information content (AvgIpc) is 2.75. The molecule has 35 heavy (non-hydrogen) atoms. The van der Waals surface area contributed by atoms with E-state index in [9.17, 15) is 19.7 Å². The summed E-state index contributed by atoms with van der Waals surface area (Å²) in [7, 11) is 0. The van der Waals surface area contributed by atoms with Crippen molar-refractivity contribution in [3.05, 3.63) is 45.5 Å². The minimum absolute atomic E-state index is 0.0233. The Kier molecular flexibility index (Phi) is 9.35. The van der Waals surface area contributed by atoms with Crippen LogP contribution in [-0.4, -0.2) is 57.1 Å². The summed E-state index contributed by atoms with van der Waals surface area (Å²) in [4.78, 5) is 44.3. The molecule has 2 heterocycles. The Balaban J connectivity index is 0.00000210. The Morgan fingerprint density at radius 1 is 1.23 bits per heavy atom. The van der Waals surface area contributed by atoms with Crippen LogP contribution in [0.4, 0.5) is 10.5 Å². The van der Waals surface area contributed by atoms with Crippen LogP contribution in [0.5, 0.6) is 5.75 Å². The number of hydrogen-bond acceptors (Lipinski definition) is 8. The van der Waals surface area contributed by atoms with Gasteiger partial charge in [0, 0.05) is 42.7 Å². The molecule has 1 aromatic carbocycles. The Morgan fingerprint density at radius 3 is 2.34 bits per heavy atom. The van der Waals surface area contributed by atoms with Crippen molar-refractivity contribution in [3.8, 4) is 16.9 Å². The summed E-state index contributed by atoms with van der Waals surface area (Å²) in [6.07, 6.45) is 2.80. The highest BCUT2D eigenvalue weighted by atomic mass is 35.5. The molecule has 1 aliphatic rings. The van der Waals surface area contributed by atoms with E-state index >= 15 is 0 Å². The van der Waals surface area contributed by atoms with Gasteiger partial charge >= 0.3 is 11.8 Å². The van der Waals surface area contributed by atoms with E-state index in [4.69, 9.17) is 26.8 Å². The standard InChI is InChI=1S/C21H24ClN5O6.C2H6/c1-21(2,3)33-20(29)26-10-12(11-26)4-5-32-16-7-13(18(23)28)6-15(17(16)27(30)31)14-8-24-19(22)25-9-14;1-2/h6-9,12H,4-5,10-11H2,1-3H3,(H2,23,28);1-2H3. The molecule has 1 fully saturated rings. The maximum atomic E-state index is 12.0. The van der Waals surface area contributed by atoms with Crippen LogP contribution in [0.2, 0.25) is 5.28 Å². The smallest absolute Gasteiger partial charge is 0.410 e. The van der Waals surface area contributed by atoms with Crippen molar-refractivity contribution >= 4 is 29.3 Å². The lowest BCUT2D eigenvalue weighted by molar-refractivity contribution is -0.385. The molecule has 190 valence electrons. The first-order chi connectivity index (χ1) is 16.4. The highest BCUT2D eigenvalue weighted by molar-refractivity contribution is 6.28. The molecule has 0 spiro atoms. The molecular formula is C23H30ClN5O6. The van der Waals surface area contributed by atoms with Gasteiger partial charge in [-0.15, -0.1) is 0 Å². The average molecular weight is 508 g/mol. The van der Waals surface area contributed by atoms with Gasteiger partial charge in [0.25, 0.3) is 0 Å². The summed E-state index contributed by atoms with van der Waals surface area (Å²) in [5.74, 6) is -0.692. The lowest BCUT2D eigenvalue weighted by Crippen LogP contribution is -2.51. The van der Waals surface area contributed by atoms with E-state index in [-0.39, 0.29) is 52.0 Å². The zero-order valence-corrected chi connectivity index (χ0v) is 21.2. The fourth-order valence-electron chi connectivity index (χ4n) is 3.28. The van der Waals surface area contributed by atoms with Crippen molar-refractivity contribution in [2.45, 2.75) is 46.6 Å². The number of aromatic nitrogens is 2. The van der Waals surface area contributed by atoms with Crippen LogP contribution in [0, 0.1) is 16.0 Å². The Bertz CT molecular complexity index is 1070. The Labute approximate surface area is 208 Å². The fourth-order valence-corrected chi connectivity index (χ4v) is 3.38. The number of halogens is 1. The Morgan fingerprint density at radius 2 is 1.83 bits per heavy atom. The van der Waals surface area contributed by atoms with E-state index in [0.29, 0.717) is 19.5 Å². The molecule has 1 aromatic heterocycles. The molecule has 3 rings (SSSR count). The van der Waals surface area contributed by atoms with Gasteiger partial charge in [0.15, 0.2) is 5.75 Å². The number of amides is 2. The van der Waals surface area contributed by atoms with E-state index in [2.05, 4.69) is 9.97 Å². The van der Waals surface area contributed by atoms with Gasteiger partial charge in [-0.2, -0.15) is 0 Å². The van der Waals surface area contributed by atoms with Crippen LogP contribution in [0.25, 0.3) is 11.1 Å². The maximum absolute atomic E-state index is 12.0. The predicted octanol–water partition coefficient (Wildman–Crippen LogP) is 4.47. The number of benzene rings is 1. The third kappa shape index (κ3) is 7.51. The number of hydrogen-bond donors (Lipinski definition) is 1. The summed E-state index contributed by atoms with van der Waals surface area (Å²) in [6.45, 7) is 10.6. The molecule has 12 heteroatoms. The maximum Gasteiger partial charge on any atom is 0.410 e. The first-order valence-electron chi connectivity index (χ1n) is 11.2. The molecule has 2 amide bonds. The Hall–Kier alpha value is -3.47. The summed E-state index contributed by atoms with van der Waals surface area (Å²) in [6, 6.07) is 2.54. The molecule has 2 N–H and O–H groups in total. The van der Waals surface area contributed by atoms with Gasteiger partial charge in [-0.3, -0.25) is 14.9 Å². The second kappa shape index (κ2) is 11.8. The molecule has 0 saturated carbocycles. The molecule has 1 aliphatic heterocycles. The highest BCUT2D eigenvalue weighted by Crippen LogP contribution is 2.39. The molecule has 0 bridgehead atoms. The van der Waals surface area contributed by atoms with Gasteiger partial charge in [-0.25, -0.2) is 14.8 Å². The van der Waals surface area contributed by atoms with Gasteiger partial charge in [-0.05, 0) is 50.8 Å². The second-order valence-electron chi connectivity index (χ2n) is 8.62. The van der Waals surface area contributed by atoms with Gasteiger partial charge < -0.3 is 20.1 Å². The summed E-state index contributed by atoms with van der Waals surface area (Å²) >= 11 is 5.71. The molecule has 2 aromatic rings. The largest absolute Gasteiger partial charge is 0.487 e. The first kappa shape index (κ1) is 27.8. The SMILES string of the molecule is CC.CC(C)(C)OC(=O)N1CC(CCOc2cc(C(N)=O)cc(-c3cnc(Cl)nc3)c2[N+](=O)[O-])C1. The normalized spacial score (nSPS) is 13.3. The van der Waals surface area contributed by atoms with Crippen LogP contribution in [0.3, 0.4) is 0 Å². The van der Waals surface area contributed by atoms with E-state index in [1.165, 1.54) is 24.5 Å². The number of nitrogens with two attached hydrogens (primary N) is 1. The zero-order valence-electron chi connectivity index (χ0n) is 20.4. The second-order valence-corrected chi connectivity index (χ2v) is 8.96. The van der Waals surface area contributed by atoms with E-state index < -0.39 is 16.4 Å². The number of rotatable bonds is 7. The molecule has 0 atom stereocenters. The molecule has 0 unspecified atom stereocenters. The minimum atomic E-state index is -0.766. The molecule has 0 radical (unpaired) electrons. The van der Waals surface area contributed by atoms with Gasteiger partial charge in [0.05, 0.1) is 17.1 Å². The number of nitrogens with zero attached hydrogens (tertiary/aromatic N) is 4. The third-order valence-electron chi connectivity index (χ3n) is 4.87. The van der Waals surface area contributed by atoms with Crippen LogP contribution in [0.15, 0.2) is 24.5 Å². The fraction of sp³-hybridized carbons (Fsp3) is 0.478. The first-order valence-corrected chi connectivity index (χ1v) is 11.5. The lowest BCUT2D eigenvalue weighted by atomic mass is 9.97. The predicted molar refractivity (Wildman–Crippen MR) is 130 cm³/mol. The number of nitro benzene ring substituents is 1. The van der Waals surface area contributed by atoms with Crippen molar-refractivity contribution < 1.29 is 24.0 Å². The molecule has 1 saturated heterocycles. The number of likely N-dealkylation sites (tertiary alicyclic amines) is 1. The topological polar surface area (TPSA) is 151 Å². The van der Waals surface area contributed by atoms with E-state index in [1.54, 1.807) is 25.7 Å². The summed E-state index contributed by atoms with van der Waals surface area (Å²) in [5, 5.41) is 11.8. The third-order valence-corrected chi connectivity index (χ3v) is 5.06. The van der Waals surface area contributed by atoms with Crippen molar-refractivity contribution in [2.24, 2.45) is 11.7 Å². The van der Waals surface area contributed by atoms with E-state index in [0.717, 1.165) is 0 Å².